The number of anilines is 2. The first-order chi connectivity index (χ1) is 10.2. The van der Waals surface area contributed by atoms with Crippen LogP contribution < -0.4 is 10.1 Å². The average molecular weight is 285 g/mol. The van der Waals surface area contributed by atoms with Crippen LogP contribution in [-0.2, 0) is 0 Å². The highest BCUT2D eigenvalue weighted by Crippen LogP contribution is 2.24. The Hall–Kier alpha value is -2.89. The molecule has 0 aliphatic heterocycles. The van der Waals surface area contributed by atoms with E-state index in [1.54, 1.807) is 19.2 Å². The van der Waals surface area contributed by atoms with E-state index in [9.17, 15) is 4.39 Å². The van der Waals surface area contributed by atoms with Crippen molar-refractivity contribution in [3.8, 4) is 17.2 Å². The summed E-state index contributed by atoms with van der Waals surface area (Å²) in [5.74, 6) is 0.843. The number of ether oxygens (including phenoxy) is 1. The van der Waals surface area contributed by atoms with E-state index < -0.39 is 0 Å². The highest BCUT2D eigenvalue weighted by molar-refractivity contribution is 5.57. The number of methoxy groups -OCH3 is 1. The smallest absolute Gasteiger partial charge is 0.320 e. The predicted octanol–water partition coefficient (Wildman–Crippen LogP) is 3.63. The molecule has 3 rings (SSSR count). The number of benzene rings is 2. The van der Waals surface area contributed by atoms with Gasteiger partial charge in [-0.25, -0.2) is 4.39 Å². The molecule has 0 saturated carbocycles. The molecule has 1 heterocycles. The lowest BCUT2D eigenvalue weighted by Crippen LogP contribution is -1.90. The Kier molecular flexibility index (Phi) is 3.51. The van der Waals surface area contributed by atoms with Crippen molar-refractivity contribution in [2.45, 2.75) is 0 Å². The summed E-state index contributed by atoms with van der Waals surface area (Å²) in [6, 6.07) is 13.4. The van der Waals surface area contributed by atoms with Crippen LogP contribution >= 0.6 is 0 Å². The highest BCUT2D eigenvalue weighted by Gasteiger charge is 2.08. The van der Waals surface area contributed by atoms with E-state index in [-0.39, 0.29) is 11.8 Å². The van der Waals surface area contributed by atoms with Gasteiger partial charge in [-0.2, -0.15) is 0 Å². The van der Waals surface area contributed by atoms with Gasteiger partial charge in [0, 0.05) is 11.3 Å². The Labute approximate surface area is 120 Å². The second kappa shape index (κ2) is 5.62. The number of hydrogen-bond donors (Lipinski definition) is 1. The number of rotatable bonds is 4. The van der Waals surface area contributed by atoms with Crippen molar-refractivity contribution in [3.05, 3.63) is 54.3 Å². The lowest BCUT2D eigenvalue weighted by molar-refractivity contribution is 0.415. The number of nitrogens with zero attached hydrogens (tertiary/aromatic N) is 2. The second-order valence-corrected chi connectivity index (χ2v) is 4.27. The fourth-order valence-electron chi connectivity index (χ4n) is 1.78. The Bertz CT molecular complexity index is 723. The van der Waals surface area contributed by atoms with Gasteiger partial charge in [0.1, 0.15) is 11.6 Å². The van der Waals surface area contributed by atoms with Crippen molar-refractivity contribution in [1.29, 1.82) is 0 Å². The number of hydrogen-bond acceptors (Lipinski definition) is 5. The normalized spacial score (nSPS) is 10.4. The average Bonchev–Trinajstić information content (AvgIpc) is 2.98. The Morgan fingerprint density at radius 1 is 1.00 bits per heavy atom. The van der Waals surface area contributed by atoms with Gasteiger partial charge < -0.3 is 14.5 Å². The van der Waals surface area contributed by atoms with Crippen molar-refractivity contribution < 1.29 is 13.5 Å². The molecule has 0 fully saturated rings. The molecule has 106 valence electrons. The highest BCUT2D eigenvalue weighted by atomic mass is 19.1. The molecule has 21 heavy (non-hydrogen) atoms. The van der Waals surface area contributed by atoms with Crippen molar-refractivity contribution >= 4 is 11.7 Å². The molecule has 6 heteroatoms. The summed E-state index contributed by atoms with van der Waals surface area (Å²) in [6.45, 7) is 0. The quantitative estimate of drug-likeness (QED) is 0.793. The van der Waals surface area contributed by atoms with Gasteiger partial charge >= 0.3 is 6.01 Å². The predicted molar refractivity (Wildman–Crippen MR) is 76.0 cm³/mol. The maximum absolute atomic E-state index is 12.8. The summed E-state index contributed by atoms with van der Waals surface area (Å²) in [5, 5.41) is 10.8. The van der Waals surface area contributed by atoms with Gasteiger partial charge in [0.05, 0.1) is 7.11 Å². The van der Waals surface area contributed by atoms with Crippen molar-refractivity contribution in [1.82, 2.24) is 10.2 Å². The zero-order valence-electron chi connectivity index (χ0n) is 11.2. The van der Waals surface area contributed by atoms with Crippen LogP contribution in [0.3, 0.4) is 0 Å². The first kappa shape index (κ1) is 13.1. The van der Waals surface area contributed by atoms with Crippen molar-refractivity contribution in [2.24, 2.45) is 0 Å². The maximum atomic E-state index is 12.8. The molecular weight excluding hydrogens is 273 g/mol. The van der Waals surface area contributed by atoms with Gasteiger partial charge in [-0.15, -0.1) is 5.10 Å². The minimum atomic E-state index is -0.301. The van der Waals surface area contributed by atoms with Gasteiger partial charge in [-0.3, -0.25) is 0 Å². The third kappa shape index (κ3) is 3.00. The number of nitrogens with one attached hydrogen (secondary N) is 1. The fourth-order valence-corrected chi connectivity index (χ4v) is 1.78. The largest absolute Gasteiger partial charge is 0.497 e. The Balaban J connectivity index is 1.77. The van der Waals surface area contributed by atoms with Crippen LogP contribution in [0.15, 0.2) is 52.9 Å². The summed E-state index contributed by atoms with van der Waals surface area (Å²) in [6.07, 6.45) is 0. The fraction of sp³-hybridized carbons (Fsp3) is 0.0667. The molecule has 0 unspecified atom stereocenters. The summed E-state index contributed by atoms with van der Waals surface area (Å²) in [4.78, 5) is 0. The van der Waals surface area contributed by atoms with Gasteiger partial charge in [0.2, 0.25) is 5.89 Å². The van der Waals surface area contributed by atoms with Crippen molar-refractivity contribution in [2.75, 3.05) is 12.4 Å². The maximum Gasteiger partial charge on any atom is 0.320 e. The molecule has 2 aromatic carbocycles. The van der Waals surface area contributed by atoms with Crippen LogP contribution in [0.2, 0.25) is 0 Å². The van der Waals surface area contributed by atoms with Crippen LogP contribution in [0.5, 0.6) is 5.75 Å². The van der Waals surface area contributed by atoms with Crippen LogP contribution in [-0.4, -0.2) is 17.3 Å². The van der Waals surface area contributed by atoms with Crippen LogP contribution in [0.1, 0.15) is 0 Å². The van der Waals surface area contributed by atoms with E-state index in [2.05, 4.69) is 15.5 Å². The number of aromatic nitrogens is 2. The second-order valence-electron chi connectivity index (χ2n) is 4.27. The van der Waals surface area contributed by atoms with Gasteiger partial charge in [0.15, 0.2) is 0 Å². The summed E-state index contributed by atoms with van der Waals surface area (Å²) in [7, 11) is 1.60. The summed E-state index contributed by atoms with van der Waals surface area (Å²) < 4.78 is 23.4. The molecule has 1 aromatic heterocycles. The molecular formula is C15H12FN3O2. The van der Waals surface area contributed by atoms with E-state index in [0.717, 1.165) is 11.3 Å². The minimum Gasteiger partial charge on any atom is -0.497 e. The van der Waals surface area contributed by atoms with Gasteiger partial charge in [-0.1, -0.05) is 5.10 Å². The van der Waals surface area contributed by atoms with Crippen molar-refractivity contribution in [3.63, 3.8) is 0 Å². The summed E-state index contributed by atoms with van der Waals surface area (Å²) in [5.41, 5.74) is 1.46. The zero-order valence-corrected chi connectivity index (χ0v) is 11.2. The minimum absolute atomic E-state index is 0.243. The standard InChI is InChI=1S/C15H12FN3O2/c1-20-13-8-2-10(3-9-13)14-18-19-15(21-14)17-12-6-4-11(16)5-7-12/h2-9H,1H3,(H,17,19). The molecule has 0 atom stereocenters. The monoisotopic (exact) mass is 285 g/mol. The first-order valence-electron chi connectivity index (χ1n) is 6.25. The zero-order chi connectivity index (χ0) is 14.7. The van der Waals surface area contributed by atoms with E-state index in [0.29, 0.717) is 11.6 Å². The van der Waals surface area contributed by atoms with Crippen LogP contribution in [0, 0.1) is 5.82 Å². The Morgan fingerprint density at radius 3 is 2.38 bits per heavy atom. The van der Waals surface area contributed by atoms with E-state index in [1.807, 2.05) is 24.3 Å². The SMILES string of the molecule is COc1ccc(-c2nnc(Nc3ccc(F)cc3)o2)cc1. The molecule has 5 nitrogen and oxygen atoms in total. The number of halogens is 1. The lowest BCUT2D eigenvalue weighted by Gasteiger charge is -2.00. The molecule has 3 aromatic rings. The molecule has 0 bridgehead atoms. The molecule has 0 spiro atoms. The topological polar surface area (TPSA) is 60.2 Å². The van der Waals surface area contributed by atoms with Crippen LogP contribution in [0.4, 0.5) is 16.1 Å². The van der Waals surface area contributed by atoms with Crippen LogP contribution in [0.25, 0.3) is 11.5 Å². The molecule has 1 N–H and O–H groups in total. The Morgan fingerprint density at radius 2 is 1.71 bits per heavy atom. The molecule has 0 saturated heterocycles. The lowest BCUT2D eigenvalue weighted by atomic mass is 10.2. The third-order valence-electron chi connectivity index (χ3n) is 2.86. The molecule has 0 aliphatic rings. The molecule has 0 aliphatic carbocycles. The van der Waals surface area contributed by atoms with E-state index in [1.165, 1.54) is 12.1 Å². The first-order valence-corrected chi connectivity index (χ1v) is 6.25. The molecule has 0 amide bonds. The van der Waals surface area contributed by atoms with Gasteiger partial charge in [0.25, 0.3) is 0 Å². The van der Waals surface area contributed by atoms with E-state index in [4.69, 9.17) is 9.15 Å². The summed E-state index contributed by atoms with van der Waals surface area (Å²) >= 11 is 0. The van der Waals surface area contributed by atoms with E-state index >= 15 is 0 Å². The third-order valence-corrected chi connectivity index (χ3v) is 2.86. The van der Waals surface area contributed by atoms with Gasteiger partial charge in [-0.05, 0) is 48.5 Å². The molecule has 0 radical (unpaired) electrons.